The van der Waals surface area contributed by atoms with Crippen molar-refractivity contribution in [1.82, 2.24) is 9.91 Å². The van der Waals surface area contributed by atoms with Crippen LogP contribution in [0.2, 0.25) is 0 Å². The smallest absolute Gasteiger partial charge is 0.200 e. The summed E-state index contributed by atoms with van der Waals surface area (Å²) in [6.45, 7) is 5.11. The van der Waals surface area contributed by atoms with Crippen molar-refractivity contribution in [2.24, 2.45) is 5.10 Å². The average Bonchev–Trinajstić information content (AvgIpc) is 3.29. The maximum absolute atomic E-state index is 6.80. The molecule has 3 aromatic rings. The van der Waals surface area contributed by atoms with E-state index in [0.717, 1.165) is 54.8 Å². The predicted molar refractivity (Wildman–Crippen MR) is 135 cm³/mol. The lowest BCUT2D eigenvalue weighted by Crippen LogP contribution is -2.59. The Labute approximate surface area is 204 Å². The van der Waals surface area contributed by atoms with E-state index < -0.39 is 0 Å². The van der Waals surface area contributed by atoms with Crippen molar-refractivity contribution in [3.05, 3.63) is 99.5 Å². The van der Waals surface area contributed by atoms with E-state index in [2.05, 4.69) is 106 Å². The number of likely N-dealkylation sites (tertiary alicyclic amines) is 1. The van der Waals surface area contributed by atoms with Crippen molar-refractivity contribution in [3.63, 3.8) is 0 Å². The molecular formula is C28H28BrN3O. The number of hydrogen-bond donors (Lipinski definition) is 0. The van der Waals surface area contributed by atoms with E-state index in [-0.39, 0.29) is 11.8 Å². The molecule has 0 aromatic heterocycles. The zero-order valence-corrected chi connectivity index (χ0v) is 20.5. The molecule has 1 spiro atoms. The fraction of sp³-hybridized carbons (Fsp3) is 0.321. The molecule has 1 atom stereocenters. The Balaban J connectivity index is 1.31. The van der Waals surface area contributed by atoms with E-state index in [9.17, 15) is 0 Å². The summed E-state index contributed by atoms with van der Waals surface area (Å²) < 4.78 is 7.89. The van der Waals surface area contributed by atoms with Crippen LogP contribution < -0.4 is 4.74 Å². The number of ether oxygens (including phenoxy) is 1. The summed E-state index contributed by atoms with van der Waals surface area (Å²) in [5.74, 6) is 1.01. The summed E-state index contributed by atoms with van der Waals surface area (Å²) in [5, 5.41) is 7.52. The topological polar surface area (TPSA) is 28.1 Å². The maximum atomic E-state index is 6.80. The summed E-state index contributed by atoms with van der Waals surface area (Å²) in [6, 6.07) is 26.1. The number of fused-ring (bicyclic) bond motifs is 4. The first-order valence-electron chi connectivity index (χ1n) is 11.8. The highest BCUT2D eigenvalue weighted by Crippen LogP contribution is 2.50. The number of halogens is 1. The van der Waals surface area contributed by atoms with Gasteiger partial charge in [-0.1, -0.05) is 76.1 Å². The second kappa shape index (κ2) is 8.30. The Hall–Kier alpha value is -2.63. The van der Waals surface area contributed by atoms with Crippen molar-refractivity contribution in [3.8, 4) is 5.75 Å². The monoisotopic (exact) mass is 501 g/mol. The van der Waals surface area contributed by atoms with Crippen LogP contribution in [0, 0.1) is 6.92 Å². The predicted octanol–water partition coefficient (Wildman–Crippen LogP) is 6.29. The number of aryl methyl sites for hydroxylation is 1. The molecule has 0 radical (unpaired) electrons. The molecule has 3 aliphatic rings. The molecule has 6 rings (SSSR count). The summed E-state index contributed by atoms with van der Waals surface area (Å²) >= 11 is 3.66. The third-order valence-corrected chi connectivity index (χ3v) is 7.72. The van der Waals surface area contributed by atoms with Gasteiger partial charge in [0.05, 0.1) is 11.8 Å². The lowest BCUT2D eigenvalue weighted by Gasteiger charge is -2.51. The number of rotatable bonds is 3. The van der Waals surface area contributed by atoms with Gasteiger partial charge in [-0.15, -0.1) is 0 Å². The molecule has 5 heteroatoms. The van der Waals surface area contributed by atoms with E-state index in [0.29, 0.717) is 0 Å². The zero-order chi connectivity index (χ0) is 22.4. The van der Waals surface area contributed by atoms with Crippen molar-refractivity contribution < 1.29 is 4.74 Å². The van der Waals surface area contributed by atoms with Gasteiger partial charge in [-0.05, 0) is 36.2 Å². The number of hydrazone groups is 1. The fourth-order valence-electron chi connectivity index (χ4n) is 5.41. The van der Waals surface area contributed by atoms with E-state index >= 15 is 0 Å². The standard InChI is InChI=1S/C28H28BrN3O/c1-20-7-9-22(10-8-20)25-18-26-24-17-23(29)11-12-27(24)33-28(32(26)30-25)13-15-31(16-14-28)19-21-5-3-2-4-6-21/h2-12,17,26H,13-16,18-19H2,1H3/t26-/m0/s1. The highest BCUT2D eigenvalue weighted by Gasteiger charge is 2.51. The molecule has 168 valence electrons. The Morgan fingerprint density at radius 1 is 1.00 bits per heavy atom. The quantitative estimate of drug-likeness (QED) is 0.421. The van der Waals surface area contributed by atoms with Crippen LogP contribution in [0.4, 0.5) is 0 Å². The van der Waals surface area contributed by atoms with Gasteiger partial charge >= 0.3 is 0 Å². The van der Waals surface area contributed by atoms with Gasteiger partial charge in [-0.3, -0.25) is 4.90 Å². The number of piperidine rings is 1. The molecule has 4 nitrogen and oxygen atoms in total. The molecule has 0 bridgehead atoms. The van der Waals surface area contributed by atoms with Gasteiger partial charge in [0.2, 0.25) is 5.72 Å². The van der Waals surface area contributed by atoms with Crippen LogP contribution in [0.3, 0.4) is 0 Å². The minimum absolute atomic E-state index is 0.211. The Morgan fingerprint density at radius 3 is 2.52 bits per heavy atom. The summed E-state index contributed by atoms with van der Waals surface area (Å²) in [4.78, 5) is 2.54. The van der Waals surface area contributed by atoms with Gasteiger partial charge in [-0.2, -0.15) is 5.10 Å². The van der Waals surface area contributed by atoms with Crippen LogP contribution in [0.5, 0.6) is 5.75 Å². The average molecular weight is 502 g/mol. The fourth-order valence-corrected chi connectivity index (χ4v) is 5.78. The van der Waals surface area contributed by atoms with Gasteiger partial charge in [0.15, 0.2) is 0 Å². The second-order valence-corrected chi connectivity index (χ2v) is 10.4. The van der Waals surface area contributed by atoms with E-state index in [1.165, 1.54) is 22.3 Å². The SMILES string of the molecule is Cc1ccc(C2=NN3[C@@H](C2)c2cc(Br)ccc2OC32CCN(Cc3ccccc3)CC2)cc1. The minimum atomic E-state index is -0.384. The maximum Gasteiger partial charge on any atom is 0.200 e. The highest BCUT2D eigenvalue weighted by atomic mass is 79.9. The Kier molecular flexibility index (Phi) is 5.27. The first-order valence-corrected chi connectivity index (χ1v) is 12.6. The largest absolute Gasteiger partial charge is 0.466 e. The molecule has 33 heavy (non-hydrogen) atoms. The molecule has 3 aliphatic heterocycles. The zero-order valence-electron chi connectivity index (χ0n) is 18.9. The number of benzene rings is 3. The normalized spacial score (nSPS) is 21.3. The molecule has 1 fully saturated rings. The Morgan fingerprint density at radius 2 is 1.76 bits per heavy atom. The van der Waals surface area contributed by atoms with Crippen LogP contribution in [0.25, 0.3) is 0 Å². The van der Waals surface area contributed by atoms with E-state index in [4.69, 9.17) is 9.84 Å². The molecule has 0 unspecified atom stereocenters. The van der Waals surface area contributed by atoms with Crippen LogP contribution in [-0.2, 0) is 6.54 Å². The minimum Gasteiger partial charge on any atom is -0.466 e. The highest BCUT2D eigenvalue weighted by molar-refractivity contribution is 9.10. The van der Waals surface area contributed by atoms with Gasteiger partial charge < -0.3 is 4.74 Å². The second-order valence-electron chi connectivity index (χ2n) is 9.47. The lowest BCUT2D eigenvalue weighted by atomic mass is 9.90. The van der Waals surface area contributed by atoms with Gasteiger partial charge in [0.25, 0.3) is 0 Å². The van der Waals surface area contributed by atoms with Crippen LogP contribution >= 0.6 is 15.9 Å². The van der Waals surface area contributed by atoms with Gasteiger partial charge in [0, 0.05) is 48.9 Å². The molecule has 0 amide bonds. The van der Waals surface area contributed by atoms with Crippen molar-refractivity contribution in [2.45, 2.75) is 44.5 Å². The van der Waals surface area contributed by atoms with Crippen molar-refractivity contribution in [1.29, 1.82) is 0 Å². The van der Waals surface area contributed by atoms with E-state index in [1.807, 2.05) is 0 Å². The molecular weight excluding hydrogens is 474 g/mol. The van der Waals surface area contributed by atoms with Crippen LogP contribution in [0.15, 0.2) is 82.4 Å². The number of nitrogens with zero attached hydrogens (tertiary/aromatic N) is 3. The van der Waals surface area contributed by atoms with Gasteiger partial charge in [0.1, 0.15) is 5.75 Å². The first kappa shape index (κ1) is 20.9. The summed E-state index contributed by atoms with van der Waals surface area (Å²) in [5.41, 5.74) is 5.85. The third kappa shape index (κ3) is 3.87. The van der Waals surface area contributed by atoms with Crippen LogP contribution in [-0.4, -0.2) is 34.4 Å². The van der Waals surface area contributed by atoms with Crippen LogP contribution in [0.1, 0.15) is 47.6 Å². The molecule has 0 N–H and O–H groups in total. The Bertz CT molecular complexity index is 1180. The van der Waals surface area contributed by atoms with Gasteiger partial charge in [-0.25, -0.2) is 5.01 Å². The summed E-state index contributed by atoms with van der Waals surface area (Å²) in [7, 11) is 0. The molecule has 3 heterocycles. The molecule has 3 aromatic carbocycles. The molecule has 0 aliphatic carbocycles. The van der Waals surface area contributed by atoms with E-state index in [1.54, 1.807) is 0 Å². The lowest BCUT2D eigenvalue weighted by molar-refractivity contribution is -0.150. The molecule has 1 saturated heterocycles. The molecule has 0 saturated carbocycles. The third-order valence-electron chi connectivity index (χ3n) is 7.23. The number of hydrogen-bond acceptors (Lipinski definition) is 4. The first-order chi connectivity index (χ1) is 16.1. The summed E-state index contributed by atoms with van der Waals surface area (Å²) in [6.07, 6.45) is 2.79. The van der Waals surface area contributed by atoms with Crippen molar-refractivity contribution >= 4 is 21.6 Å². The van der Waals surface area contributed by atoms with Crippen molar-refractivity contribution in [2.75, 3.05) is 13.1 Å².